The van der Waals surface area contributed by atoms with Crippen molar-refractivity contribution in [1.82, 2.24) is 30.0 Å². The average Bonchev–Trinajstić information content (AvgIpc) is 3.54. The Labute approximate surface area is 207 Å². The molecule has 2 fully saturated rings. The predicted molar refractivity (Wildman–Crippen MR) is 128 cm³/mol. The number of Topliss-reactive ketones (excluding diaryl/α,β-unsaturated/α-hetero) is 1. The summed E-state index contributed by atoms with van der Waals surface area (Å²) in [5.74, 6) is 0.401. The van der Waals surface area contributed by atoms with Crippen molar-refractivity contribution >= 4 is 16.7 Å². The summed E-state index contributed by atoms with van der Waals surface area (Å²) in [6.45, 7) is 3.64. The second-order valence-corrected chi connectivity index (χ2v) is 10.4. The Balaban J connectivity index is 1.11. The van der Waals surface area contributed by atoms with Crippen molar-refractivity contribution in [3.05, 3.63) is 42.1 Å². The van der Waals surface area contributed by atoms with Gasteiger partial charge in [-0.05, 0) is 50.4 Å². The van der Waals surface area contributed by atoms with Gasteiger partial charge >= 0.3 is 6.18 Å². The molecule has 0 amide bonds. The van der Waals surface area contributed by atoms with Gasteiger partial charge < -0.3 is 10.2 Å². The van der Waals surface area contributed by atoms with Crippen LogP contribution in [-0.2, 0) is 24.3 Å². The number of piperidine rings is 1. The van der Waals surface area contributed by atoms with E-state index in [9.17, 15) is 18.0 Å². The van der Waals surface area contributed by atoms with E-state index in [0.717, 1.165) is 47.4 Å². The van der Waals surface area contributed by atoms with Gasteiger partial charge in [0.15, 0.2) is 0 Å². The molecule has 7 nitrogen and oxygen atoms in total. The van der Waals surface area contributed by atoms with Gasteiger partial charge in [-0.15, -0.1) is 0 Å². The molecule has 6 rings (SSSR count). The van der Waals surface area contributed by atoms with Gasteiger partial charge in [0, 0.05) is 42.7 Å². The first-order valence-electron chi connectivity index (χ1n) is 12.6. The van der Waals surface area contributed by atoms with Crippen LogP contribution in [0.15, 0.2) is 30.6 Å². The Morgan fingerprint density at radius 3 is 2.69 bits per heavy atom. The highest BCUT2D eigenvalue weighted by Gasteiger charge is 2.63. The van der Waals surface area contributed by atoms with Crippen LogP contribution in [0.1, 0.15) is 37.2 Å². The Kier molecular flexibility index (Phi) is 5.83. The fourth-order valence-electron chi connectivity index (χ4n) is 5.56. The summed E-state index contributed by atoms with van der Waals surface area (Å²) >= 11 is 0. The summed E-state index contributed by atoms with van der Waals surface area (Å²) in [7, 11) is 0. The zero-order valence-corrected chi connectivity index (χ0v) is 20.0. The van der Waals surface area contributed by atoms with E-state index >= 15 is 0 Å². The molecule has 0 radical (unpaired) electrons. The monoisotopic (exact) mass is 498 g/mol. The number of benzene rings is 1. The number of hydrogen-bond donors (Lipinski definition) is 1. The van der Waals surface area contributed by atoms with Crippen LogP contribution in [-0.4, -0.2) is 62.8 Å². The second kappa shape index (κ2) is 8.92. The molecule has 1 saturated carbocycles. The topological polar surface area (TPSA) is 75.9 Å². The zero-order chi connectivity index (χ0) is 24.9. The van der Waals surface area contributed by atoms with E-state index in [2.05, 4.69) is 20.4 Å². The van der Waals surface area contributed by atoms with Gasteiger partial charge in [-0.1, -0.05) is 12.1 Å². The molecule has 0 bridgehead atoms. The molecular weight excluding hydrogens is 469 g/mol. The standard InChI is InChI=1S/C26H29F3N6O/c27-26(28,29)25(5-6-25)16-34-8-3-17(4-9-34)23(36)12-24-31-13-19-2-1-18(11-21(19)33-24)20-14-32-35-10-7-30-15-22(20)35/h1-2,11,13-14,17,30H,3-10,12,15-16H2. The van der Waals surface area contributed by atoms with Crippen LogP contribution >= 0.6 is 0 Å². The average molecular weight is 499 g/mol. The minimum atomic E-state index is -4.14. The lowest BCUT2D eigenvalue weighted by Crippen LogP contribution is -2.43. The number of halogens is 3. The van der Waals surface area contributed by atoms with Crippen molar-refractivity contribution in [2.75, 3.05) is 26.2 Å². The quantitative estimate of drug-likeness (QED) is 0.558. The normalized spacial score (nSPS) is 20.4. The number of hydrogen-bond acceptors (Lipinski definition) is 6. The molecule has 3 aliphatic rings. The molecule has 1 aromatic carbocycles. The van der Waals surface area contributed by atoms with Crippen LogP contribution in [0.5, 0.6) is 0 Å². The van der Waals surface area contributed by atoms with E-state index in [-0.39, 0.29) is 37.5 Å². The molecule has 2 aliphatic heterocycles. The third-order valence-electron chi connectivity index (χ3n) is 8.04. The third-order valence-corrected chi connectivity index (χ3v) is 8.04. The molecule has 1 aliphatic carbocycles. The molecule has 1 N–H and O–H groups in total. The Hall–Kier alpha value is -2.85. The molecule has 10 heteroatoms. The third kappa shape index (κ3) is 4.41. The highest BCUT2D eigenvalue weighted by atomic mass is 19.4. The number of carbonyl (C=O) groups excluding carboxylic acids is 1. The lowest BCUT2D eigenvalue weighted by atomic mass is 9.90. The number of likely N-dealkylation sites (tertiary alicyclic amines) is 1. The van der Waals surface area contributed by atoms with Gasteiger partial charge in [-0.25, -0.2) is 9.97 Å². The number of alkyl halides is 3. The fraction of sp³-hybridized carbons (Fsp3) is 0.538. The van der Waals surface area contributed by atoms with Crippen LogP contribution < -0.4 is 5.32 Å². The maximum absolute atomic E-state index is 13.3. The first-order valence-corrected chi connectivity index (χ1v) is 12.6. The van der Waals surface area contributed by atoms with E-state index < -0.39 is 11.6 Å². The molecule has 36 heavy (non-hydrogen) atoms. The number of aromatic nitrogens is 4. The van der Waals surface area contributed by atoms with Crippen LogP contribution in [0.2, 0.25) is 0 Å². The van der Waals surface area contributed by atoms with Gasteiger partial charge in [-0.3, -0.25) is 9.48 Å². The Morgan fingerprint density at radius 1 is 1.14 bits per heavy atom. The number of rotatable bonds is 6. The van der Waals surface area contributed by atoms with Gasteiger partial charge in [0.05, 0.1) is 35.8 Å². The van der Waals surface area contributed by atoms with Gasteiger partial charge in [0.25, 0.3) is 0 Å². The van der Waals surface area contributed by atoms with Crippen LogP contribution in [0.3, 0.4) is 0 Å². The summed E-state index contributed by atoms with van der Waals surface area (Å²) in [5, 5.41) is 8.79. The zero-order valence-electron chi connectivity index (χ0n) is 20.0. The van der Waals surface area contributed by atoms with Crippen molar-refractivity contribution in [2.45, 2.75) is 51.4 Å². The van der Waals surface area contributed by atoms with E-state index in [1.807, 2.05) is 34.0 Å². The summed E-state index contributed by atoms with van der Waals surface area (Å²) in [6, 6.07) is 6.05. The van der Waals surface area contributed by atoms with Crippen molar-refractivity contribution < 1.29 is 18.0 Å². The van der Waals surface area contributed by atoms with Crippen LogP contribution in [0.4, 0.5) is 13.2 Å². The number of fused-ring (bicyclic) bond motifs is 2. The lowest BCUT2D eigenvalue weighted by molar-refractivity contribution is -0.192. The van der Waals surface area contributed by atoms with Crippen molar-refractivity contribution in [1.29, 1.82) is 0 Å². The van der Waals surface area contributed by atoms with E-state index in [1.165, 1.54) is 0 Å². The van der Waals surface area contributed by atoms with E-state index in [0.29, 0.717) is 31.8 Å². The van der Waals surface area contributed by atoms with Crippen molar-refractivity contribution in [3.8, 4) is 11.1 Å². The molecule has 0 unspecified atom stereocenters. The highest BCUT2D eigenvalue weighted by Crippen LogP contribution is 2.58. The number of nitrogens with zero attached hydrogens (tertiary/aromatic N) is 5. The predicted octanol–water partition coefficient (Wildman–Crippen LogP) is 3.76. The van der Waals surface area contributed by atoms with Crippen molar-refractivity contribution in [2.24, 2.45) is 11.3 Å². The first kappa shape index (κ1) is 23.5. The lowest BCUT2D eigenvalue weighted by Gasteiger charge is -2.34. The number of carbonyl (C=O) groups is 1. The van der Waals surface area contributed by atoms with Crippen LogP contribution in [0.25, 0.3) is 22.0 Å². The summed E-state index contributed by atoms with van der Waals surface area (Å²) in [6.07, 6.45) is 1.26. The minimum absolute atomic E-state index is 0.0597. The maximum atomic E-state index is 13.3. The SMILES string of the molecule is O=C(Cc1ncc2ccc(-c3cnn4c3CNCC4)cc2n1)C1CCN(CC2(C(F)(F)F)CC2)CC1. The highest BCUT2D eigenvalue weighted by molar-refractivity contribution is 5.86. The van der Waals surface area contributed by atoms with E-state index in [4.69, 9.17) is 0 Å². The van der Waals surface area contributed by atoms with E-state index in [1.54, 1.807) is 6.20 Å². The smallest absolute Gasteiger partial charge is 0.309 e. The summed E-state index contributed by atoms with van der Waals surface area (Å²) in [4.78, 5) is 24.0. The molecule has 0 atom stereocenters. The fourth-order valence-corrected chi connectivity index (χ4v) is 5.56. The maximum Gasteiger partial charge on any atom is 0.395 e. The molecular formula is C26H29F3N6O. The van der Waals surface area contributed by atoms with Crippen molar-refractivity contribution in [3.63, 3.8) is 0 Å². The first-order chi connectivity index (χ1) is 17.3. The molecule has 2 aromatic heterocycles. The summed E-state index contributed by atoms with van der Waals surface area (Å²) < 4.78 is 41.9. The molecule has 0 spiro atoms. The molecule has 190 valence electrons. The minimum Gasteiger partial charge on any atom is -0.309 e. The molecule has 1 saturated heterocycles. The largest absolute Gasteiger partial charge is 0.395 e. The van der Waals surface area contributed by atoms with Gasteiger partial charge in [-0.2, -0.15) is 18.3 Å². The second-order valence-electron chi connectivity index (χ2n) is 10.4. The Morgan fingerprint density at radius 2 is 1.94 bits per heavy atom. The van der Waals surface area contributed by atoms with Gasteiger partial charge in [0.2, 0.25) is 0 Å². The van der Waals surface area contributed by atoms with Gasteiger partial charge in [0.1, 0.15) is 11.6 Å². The summed E-state index contributed by atoms with van der Waals surface area (Å²) in [5.41, 5.74) is 2.52. The molecule has 4 heterocycles. The van der Waals surface area contributed by atoms with Crippen LogP contribution in [0, 0.1) is 11.3 Å². The molecule has 3 aromatic rings. The number of ketones is 1. The Bertz CT molecular complexity index is 1290. The number of nitrogens with one attached hydrogen (secondary N) is 1.